The Kier molecular flexibility index (Phi) is 4.53. The van der Waals surface area contributed by atoms with E-state index in [2.05, 4.69) is 27.0 Å². The van der Waals surface area contributed by atoms with Gasteiger partial charge in [0.25, 0.3) is 5.91 Å². The molecule has 5 rings (SSSR count). The van der Waals surface area contributed by atoms with Gasteiger partial charge in [0.2, 0.25) is 0 Å². The fraction of sp³-hybridized carbons (Fsp3) is 0.348. The molecular weight excluding hydrogens is 348 g/mol. The molecule has 0 N–H and O–H groups in total. The van der Waals surface area contributed by atoms with Crippen LogP contribution < -0.4 is 0 Å². The zero-order chi connectivity index (χ0) is 18.9. The van der Waals surface area contributed by atoms with Crippen LogP contribution in [0.15, 0.2) is 61.1 Å². The highest BCUT2D eigenvalue weighted by Crippen LogP contribution is 2.32. The smallest absolute Gasteiger partial charge is 0.253 e. The summed E-state index contributed by atoms with van der Waals surface area (Å²) < 4.78 is 0. The topological polar surface area (TPSA) is 49.3 Å². The van der Waals surface area contributed by atoms with Crippen molar-refractivity contribution in [1.29, 1.82) is 0 Å². The highest BCUT2D eigenvalue weighted by molar-refractivity contribution is 5.98. The van der Waals surface area contributed by atoms with Crippen LogP contribution >= 0.6 is 0 Å². The van der Waals surface area contributed by atoms with Gasteiger partial charge in [-0.1, -0.05) is 6.07 Å². The molecule has 2 aliphatic rings. The number of benzene rings is 1. The van der Waals surface area contributed by atoms with E-state index in [1.165, 1.54) is 18.4 Å². The molecule has 0 bridgehead atoms. The van der Waals surface area contributed by atoms with Gasteiger partial charge in [0.15, 0.2) is 0 Å². The standard InChI is InChI=1S/C23H24N4O/c28-23(20-5-6-22-19(12-20)2-1-9-25-22)27-15-21(16-27)26(13-17-3-4-17)14-18-7-10-24-11-8-18/h1-2,5-12,17,21H,3-4,13-16H2. The minimum absolute atomic E-state index is 0.122. The molecule has 2 aromatic heterocycles. The van der Waals surface area contributed by atoms with Crippen molar-refractivity contribution < 1.29 is 4.79 Å². The Bertz CT molecular complexity index is 980. The van der Waals surface area contributed by atoms with E-state index in [1.807, 2.05) is 47.6 Å². The number of rotatable bonds is 6. The van der Waals surface area contributed by atoms with Gasteiger partial charge in [-0.2, -0.15) is 0 Å². The van der Waals surface area contributed by atoms with Crippen molar-refractivity contribution in [3.63, 3.8) is 0 Å². The lowest BCUT2D eigenvalue weighted by molar-refractivity contribution is 0.0220. The van der Waals surface area contributed by atoms with E-state index in [0.29, 0.717) is 6.04 Å². The molecule has 0 atom stereocenters. The zero-order valence-electron chi connectivity index (χ0n) is 15.9. The van der Waals surface area contributed by atoms with Crippen LogP contribution in [0.3, 0.4) is 0 Å². The highest BCUT2D eigenvalue weighted by atomic mass is 16.2. The molecule has 0 radical (unpaired) electrons. The largest absolute Gasteiger partial charge is 0.335 e. The maximum atomic E-state index is 12.9. The summed E-state index contributed by atoms with van der Waals surface area (Å²) in [4.78, 5) is 25.9. The van der Waals surface area contributed by atoms with E-state index in [0.717, 1.165) is 48.6 Å². The number of hydrogen-bond acceptors (Lipinski definition) is 4. The lowest BCUT2D eigenvalue weighted by atomic mass is 10.0. The number of carbonyl (C=O) groups excluding carboxylic acids is 1. The summed E-state index contributed by atoms with van der Waals surface area (Å²) in [6.07, 6.45) is 8.17. The van der Waals surface area contributed by atoms with Crippen LogP contribution in [0.1, 0.15) is 28.8 Å². The molecule has 1 aliphatic carbocycles. The summed E-state index contributed by atoms with van der Waals surface area (Å²) in [5.41, 5.74) is 2.97. The Labute approximate surface area is 165 Å². The lowest BCUT2D eigenvalue weighted by Crippen LogP contribution is -2.61. The van der Waals surface area contributed by atoms with Crippen LogP contribution in [0, 0.1) is 5.92 Å². The number of amides is 1. The third kappa shape index (κ3) is 3.62. The van der Waals surface area contributed by atoms with Gasteiger partial charge < -0.3 is 4.90 Å². The van der Waals surface area contributed by atoms with Crippen LogP contribution in [-0.4, -0.2) is 51.4 Å². The quantitative estimate of drug-likeness (QED) is 0.666. The Morgan fingerprint density at radius 1 is 1.07 bits per heavy atom. The van der Waals surface area contributed by atoms with Gasteiger partial charge in [0.05, 0.1) is 5.52 Å². The molecule has 28 heavy (non-hydrogen) atoms. The van der Waals surface area contributed by atoms with Gasteiger partial charge >= 0.3 is 0 Å². The van der Waals surface area contributed by atoms with Crippen molar-refractivity contribution in [2.45, 2.75) is 25.4 Å². The summed E-state index contributed by atoms with van der Waals surface area (Å²) in [6.45, 7) is 3.69. The molecule has 1 aromatic carbocycles. The number of carbonyl (C=O) groups is 1. The van der Waals surface area contributed by atoms with E-state index in [1.54, 1.807) is 6.20 Å². The minimum Gasteiger partial charge on any atom is -0.335 e. The molecule has 0 spiro atoms. The van der Waals surface area contributed by atoms with Crippen molar-refractivity contribution in [3.05, 3.63) is 72.2 Å². The van der Waals surface area contributed by atoms with Crippen molar-refractivity contribution in [2.75, 3.05) is 19.6 Å². The molecular formula is C23H24N4O. The third-order valence-electron chi connectivity index (χ3n) is 5.84. The van der Waals surface area contributed by atoms with Crippen LogP contribution in [0.4, 0.5) is 0 Å². The Hall–Kier alpha value is -2.79. The summed E-state index contributed by atoms with van der Waals surface area (Å²) in [7, 11) is 0. The first-order valence-corrected chi connectivity index (χ1v) is 10.0. The zero-order valence-corrected chi connectivity index (χ0v) is 15.9. The molecule has 1 saturated carbocycles. The number of hydrogen-bond donors (Lipinski definition) is 0. The van der Waals surface area contributed by atoms with Gasteiger partial charge in [-0.25, -0.2) is 0 Å². The number of likely N-dealkylation sites (tertiary alicyclic amines) is 1. The summed E-state index contributed by atoms with van der Waals surface area (Å²) in [6, 6.07) is 14.3. The van der Waals surface area contributed by atoms with Gasteiger partial charge in [-0.3, -0.25) is 19.7 Å². The van der Waals surface area contributed by atoms with E-state index >= 15 is 0 Å². The van der Waals surface area contributed by atoms with E-state index in [9.17, 15) is 4.79 Å². The molecule has 142 valence electrons. The number of nitrogens with zero attached hydrogens (tertiary/aromatic N) is 4. The average molecular weight is 372 g/mol. The normalized spacial score (nSPS) is 17.1. The molecule has 3 aromatic rings. The first-order valence-electron chi connectivity index (χ1n) is 10.0. The predicted molar refractivity (Wildman–Crippen MR) is 109 cm³/mol. The van der Waals surface area contributed by atoms with Crippen LogP contribution in [0.25, 0.3) is 10.9 Å². The maximum absolute atomic E-state index is 12.9. The molecule has 2 fully saturated rings. The SMILES string of the molecule is O=C(c1ccc2ncccc2c1)N1CC(N(Cc2ccncc2)CC2CC2)C1. The Balaban J connectivity index is 1.25. The van der Waals surface area contributed by atoms with Gasteiger partial charge in [-0.15, -0.1) is 0 Å². The second-order valence-electron chi connectivity index (χ2n) is 8.00. The maximum Gasteiger partial charge on any atom is 0.253 e. The summed E-state index contributed by atoms with van der Waals surface area (Å²) in [5, 5.41) is 1.01. The summed E-state index contributed by atoms with van der Waals surface area (Å²) >= 11 is 0. The molecule has 1 amide bonds. The van der Waals surface area contributed by atoms with Crippen molar-refractivity contribution in [2.24, 2.45) is 5.92 Å². The summed E-state index contributed by atoms with van der Waals surface area (Å²) in [5.74, 6) is 0.955. The molecule has 5 heteroatoms. The Morgan fingerprint density at radius 3 is 2.68 bits per heavy atom. The molecule has 1 saturated heterocycles. The fourth-order valence-corrected chi connectivity index (χ4v) is 3.94. The minimum atomic E-state index is 0.122. The van der Waals surface area contributed by atoms with Crippen molar-refractivity contribution in [3.8, 4) is 0 Å². The second kappa shape index (κ2) is 7.32. The molecule has 5 nitrogen and oxygen atoms in total. The number of aromatic nitrogens is 2. The first-order chi connectivity index (χ1) is 13.8. The van der Waals surface area contributed by atoms with E-state index in [4.69, 9.17) is 0 Å². The van der Waals surface area contributed by atoms with Crippen LogP contribution in [0.5, 0.6) is 0 Å². The van der Waals surface area contributed by atoms with Gasteiger partial charge in [0, 0.05) is 61.8 Å². The molecule has 1 aliphatic heterocycles. The van der Waals surface area contributed by atoms with Gasteiger partial charge in [-0.05, 0) is 60.7 Å². The lowest BCUT2D eigenvalue weighted by Gasteiger charge is -2.45. The van der Waals surface area contributed by atoms with Crippen LogP contribution in [-0.2, 0) is 6.54 Å². The van der Waals surface area contributed by atoms with Crippen molar-refractivity contribution in [1.82, 2.24) is 19.8 Å². The van der Waals surface area contributed by atoms with E-state index < -0.39 is 0 Å². The number of pyridine rings is 2. The Morgan fingerprint density at radius 2 is 1.89 bits per heavy atom. The van der Waals surface area contributed by atoms with E-state index in [-0.39, 0.29) is 5.91 Å². The molecule has 3 heterocycles. The number of fused-ring (bicyclic) bond motifs is 1. The fourth-order valence-electron chi connectivity index (χ4n) is 3.94. The monoisotopic (exact) mass is 372 g/mol. The van der Waals surface area contributed by atoms with Crippen molar-refractivity contribution >= 4 is 16.8 Å². The molecule has 0 unspecified atom stereocenters. The highest BCUT2D eigenvalue weighted by Gasteiger charge is 2.37. The van der Waals surface area contributed by atoms with Gasteiger partial charge in [0.1, 0.15) is 0 Å². The second-order valence-corrected chi connectivity index (χ2v) is 8.00. The average Bonchev–Trinajstić information content (AvgIpc) is 3.51. The van der Waals surface area contributed by atoms with Crippen LogP contribution in [0.2, 0.25) is 0 Å². The first kappa shape index (κ1) is 17.3. The third-order valence-corrected chi connectivity index (χ3v) is 5.84. The predicted octanol–water partition coefficient (Wildman–Crippen LogP) is 3.37.